The Morgan fingerprint density at radius 3 is 2.79 bits per heavy atom. The molecule has 1 N–H and O–H groups in total. The van der Waals surface area contributed by atoms with Crippen LogP contribution in [0.5, 0.6) is 0 Å². The molecule has 2 rings (SSSR count). The smallest absolute Gasteiger partial charge is 0.147 e. The molecule has 0 bridgehead atoms. The van der Waals surface area contributed by atoms with Gasteiger partial charge in [-0.05, 0) is 49.3 Å². The zero-order chi connectivity index (χ0) is 13.9. The minimum Gasteiger partial charge on any atom is -0.380 e. The number of benzene rings is 1. The summed E-state index contributed by atoms with van der Waals surface area (Å²) in [5.74, 6) is -0.331. The molecule has 19 heavy (non-hydrogen) atoms. The van der Waals surface area contributed by atoms with E-state index in [4.69, 9.17) is 5.26 Å². The van der Waals surface area contributed by atoms with E-state index in [2.05, 4.69) is 19.2 Å². The number of rotatable bonds is 2. The first-order valence-corrected chi connectivity index (χ1v) is 6.96. The number of nitrogens with zero attached hydrogens (tertiary/aromatic N) is 1. The third-order valence-electron chi connectivity index (χ3n) is 4.03. The summed E-state index contributed by atoms with van der Waals surface area (Å²) in [5.41, 5.74) is 1.29. The van der Waals surface area contributed by atoms with E-state index in [1.54, 1.807) is 12.1 Å². The van der Waals surface area contributed by atoms with Gasteiger partial charge < -0.3 is 5.32 Å². The molecule has 0 aromatic heterocycles. The number of halogens is 1. The van der Waals surface area contributed by atoms with E-state index in [1.807, 2.05) is 6.07 Å². The highest BCUT2D eigenvalue weighted by molar-refractivity contribution is 5.49. The summed E-state index contributed by atoms with van der Waals surface area (Å²) in [5, 5.41) is 12.0. The second-order valence-electron chi connectivity index (χ2n) is 6.24. The van der Waals surface area contributed by atoms with Gasteiger partial charge in [-0.15, -0.1) is 0 Å². The van der Waals surface area contributed by atoms with Gasteiger partial charge in [-0.2, -0.15) is 5.26 Å². The lowest BCUT2D eigenvalue weighted by Gasteiger charge is -2.22. The highest BCUT2D eigenvalue weighted by Gasteiger charge is 2.24. The Balaban J connectivity index is 2.03. The van der Waals surface area contributed by atoms with E-state index >= 15 is 0 Å². The third-order valence-corrected chi connectivity index (χ3v) is 4.03. The number of anilines is 1. The van der Waals surface area contributed by atoms with Crippen LogP contribution in [-0.2, 0) is 0 Å². The van der Waals surface area contributed by atoms with Gasteiger partial charge in [0, 0.05) is 6.04 Å². The summed E-state index contributed by atoms with van der Waals surface area (Å²) in [6.45, 7) is 4.61. The summed E-state index contributed by atoms with van der Waals surface area (Å²) in [6, 6.07) is 6.91. The van der Waals surface area contributed by atoms with Crippen LogP contribution in [0.15, 0.2) is 18.2 Å². The highest BCUT2D eigenvalue weighted by atomic mass is 19.1. The van der Waals surface area contributed by atoms with Crippen molar-refractivity contribution in [1.82, 2.24) is 0 Å². The van der Waals surface area contributed by atoms with Crippen LogP contribution in [0.3, 0.4) is 0 Å². The molecule has 102 valence electrons. The highest BCUT2D eigenvalue weighted by Crippen LogP contribution is 2.34. The molecule has 1 atom stereocenters. The molecule has 1 saturated carbocycles. The summed E-state index contributed by atoms with van der Waals surface area (Å²) in [7, 11) is 0. The number of nitrogens with one attached hydrogen (secondary N) is 1. The molecule has 1 fully saturated rings. The zero-order valence-corrected chi connectivity index (χ0v) is 11.7. The molecular formula is C16H21FN2. The molecular weight excluding hydrogens is 239 g/mol. The van der Waals surface area contributed by atoms with Crippen LogP contribution in [-0.4, -0.2) is 6.04 Å². The summed E-state index contributed by atoms with van der Waals surface area (Å²) < 4.78 is 13.8. The van der Waals surface area contributed by atoms with Gasteiger partial charge in [0.25, 0.3) is 0 Å². The Kier molecular flexibility index (Phi) is 4.09. The van der Waals surface area contributed by atoms with Gasteiger partial charge in [0.2, 0.25) is 0 Å². The first kappa shape index (κ1) is 13.9. The van der Waals surface area contributed by atoms with Gasteiger partial charge in [0.1, 0.15) is 5.82 Å². The quantitative estimate of drug-likeness (QED) is 0.796. The van der Waals surface area contributed by atoms with E-state index in [-0.39, 0.29) is 5.82 Å². The minimum atomic E-state index is -0.331. The number of nitriles is 1. The van der Waals surface area contributed by atoms with Crippen LogP contribution in [0.4, 0.5) is 10.1 Å². The van der Waals surface area contributed by atoms with Crippen LogP contribution in [0.2, 0.25) is 0 Å². The van der Waals surface area contributed by atoms with Crippen molar-refractivity contribution < 1.29 is 4.39 Å². The van der Waals surface area contributed by atoms with Gasteiger partial charge in [0.15, 0.2) is 0 Å². The fourth-order valence-corrected chi connectivity index (χ4v) is 2.73. The summed E-state index contributed by atoms with van der Waals surface area (Å²) >= 11 is 0. The van der Waals surface area contributed by atoms with Crippen molar-refractivity contribution in [1.29, 1.82) is 5.26 Å². The van der Waals surface area contributed by atoms with E-state index in [9.17, 15) is 4.39 Å². The molecule has 1 unspecified atom stereocenters. The van der Waals surface area contributed by atoms with Crippen LogP contribution in [0.1, 0.15) is 51.5 Å². The number of hydrogen-bond acceptors (Lipinski definition) is 2. The van der Waals surface area contributed by atoms with Crippen molar-refractivity contribution in [3.8, 4) is 6.07 Å². The predicted molar refractivity (Wildman–Crippen MR) is 75.4 cm³/mol. The average Bonchev–Trinajstić information content (AvgIpc) is 2.53. The molecule has 0 spiro atoms. The van der Waals surface area contributed by atoms with Crippen molar-refractivity contribution >= 4 is 5.69 Å². The Labute approximate surface area is 114 Å². The lowest BCUT2D eigenvalue weighted by Crippen LogP contribution is -2.20. The lowest BCUT2D eigenvalue weighted by atomic mass is 9.85. The topological polar surface area (TPSA) is 35.8 Å². The Hall–Kier alpha value is -1.56. The van der Waals surface area contributed by atoms with Crippen LogP contribution in [0.25, 0.3) is 0 Å². The first-order chi connectivity index (χ1) is 9.00. The molecule has 0 heterocycles. The fraction of sp³-hybridized carbons (Fsp3) is 0.562. The van der Waals surface area contributed by atoms with Gasteiger partial charge in [-0.1, -0.05) is 20.3 Å². The first-order valence-electron chi connectivity index (χ1n) is 6.96. The second kappa shape index (κ2) is 5.61. The molecule has 0 saturated heterocycles. The molecule has 0 amide bonds. The average molecular weight is 260 g/mol. The molecule has 0 radical (unpaired) electrons. The van der Waals surface area contributed by atoms with Crippen molar-refractivity contribution in [3.63, 3.8) is 0 Å². The summed E-state index contributed by atoms with van der Waals surface area (Å²) in [6.07, 6.45) is 5.75. The predicted octanol–water partition coefficient (Wildman–Crippen LogP) is 4.47. The van der Waals surface area contributed by atoms with Crippen molar-refractivity contribution in [2.24, 2.45) is 5.41 Å². The van der Waals surface area contributed by atoms with E-state index in [1.165, 1.54) is 25.3 Å². The molecule has 3 heteroatoms. The summed E-state index contributed by atoms with van der Waals surface area (Å²) in [4.78, 5) is 0. The lowest BCUT2D eigenvalue weighted by molar-refractivity contribution is 0.313. The molecule has 0 aliphatic heterocycles. The van der Waals surface area contributed by atoms with Gasteiger partial charge in [-0.25, -0.2) is 4.39 Å². The van der Waals surface area contributed by atoms with E-state index in [0.717, 1.165) is 12.8 Å². The van der Waals surface area contributed by atoms with Crippen LogP contribution >= 0.6 is 0 Å². The van der Waals surface area contributed by atoms with E-state index < -0.39 is 0 Å². The van der Waals surface area contributed by atoms with E-state index in [0.29, 0.717) is 22.7 Å². The molecule has 1 aromatic carbocycles. The van der Waals surface area contributed by atoms with Crippen molar-refractivity contribution in [2.45, 2.75) is 52.0 Å². The van der Waals surface area contributed by atoms with Gasteiger partial charge in [0.05, 0.1) is 17.3 Å². The zero-order valence-electron chi connectivity index (χ0n) is 11.7. The van der Waals surface area contributed by atoms with Crippen LogP contribution in [0, 0.1) is 22.6 Å². The maximum atomic E-state index is 13.8. The maximum absolute atomic E-state index is 13.8. The minimum absolute atomic E-state index is 0.331. The maximum Gasteiger partial charge on any atom is 0.147 e. The normalized spacial score (nSPS) is 22.3. The largest absolute Gasteiger partial charge is 0.380 e. The van der Waals surface area contributed by atoms with Crippen LogP contribution < -0.4 is 5.32 Å². The molecule has 1 aromatic rings. The number of hydrogen-bond donors (Lipinski definition) is 1. The van der Waals surface area contributed by atoms with Crippen molar-refractivity contribution in [3.05, 3.63) is 29.6 Å². The fourth-order valence-electron chi connectivity index (χ4n) is 2.73. The second-order valence-corrected chi connectivity index (χ2v) is 6.24. The third kappa shape index (κ3) is 3.70. The Bertz CT molecular complexity index is 488. The molecule has 1 aliphatic rings. The SMILES string of the molecule is CC1(C)CCCC(Nc2ccc(C#N)cc2F)CC1. The monoisotopic (exact) mass is 260 g/mol. The van der Waals surface area contributed by atoms with Crippen molar-refractivity contribution in [2.75, 3.05) is 5.32 Å². The molecule has 2 nitrogen and oxygen atoms in total. The Morgan fingerprint density at radius 2 is 2.11 bits per heavy atom. The van der Waals surface area contributed by atoms with Gasteiger partial charge in [-0.3, -0.25) is 0 Å². The Morgan fingerprint density at radius 1 is 1.32 bits per heavy atom. The molecule has 1 aliphatic carbocycles. The standard InChI is InChI=1S/C16H21FN2/c1-16(2)8-3-4-13(7-9-16)19-15-6-5-12(11-18)10-14(15)17/h5-6,10,13,19H,3-4,7-9H2,1-2H3. The van der Waals surface area contributed by atoms with Gasteiger partial charge >= 0.3 is 0 Å².